The number of hydrogen-bond donors (Lipinski definition) is 1. The Bertz CT molecular complexity index is 320. The van der Waals surface area contributed by atoms with Crippen molar-refractivity contribution in [2.45, 2.75) is 51.0 Å². The van der Waals surface area contributed by atoms with Gasteiger partial charge >= 0.3 is 6.09 Å². The molecular weight excluding hydrogens is 234 g/mol. The van der Waals surface area contributed by atoms with Crippen molar-refractivity contribution in [2.75, 3.05) is 7.11 Å². The van der Waals surface area contributed by atoms with Gasteiger partial charge in [0.25, 0.3) is 0 Å². The predicted octanol–water partition coefficient (Wildman–Crippen LogP) is 2.67. The van der Waals surface area contributed by atoms with Crippen molar-refractivity contribution in [1.82, 2.24) is 5.32 Å². The van der Waals surface area contributed by atoms with Crippen molar-refractivity contribution in [3.8, 4) is 0 Å². The average molecular weight is 257 g/mol. The molecule has 1 aliphatic rings. The van der Waals surface area contributed by atoms with Crippen LogP contribution in [0, 0.1) is 0 Å². The maximum atomic E-state index is 11.1. The van der Waals surface area contributed by atoms with E-state index in [1.807, 2.05) is 12.2 Å². The second-order valence-corrected chi connectivity index (χ2v) is 10.6. The summed E-state index contributed by atoms with van der Waals surface area (Å²) in [5, 5.41) is 2.91. The number of rotatable bonds is 3. The van der Waals surface area contributed by atoms with Crippen LogP contribution < -0.4 is 5.32 Å². The average Bonchev–Trinajstić information content (AvgIpc) is 2.19. The lowest BCUT2D eigenvalue weighted by molar-refractivity contribution is 0.143. The van der Waals surface area contributed by atoms with Crippen molar-refractivity contribution in [3.05, 3.63) is 12.2 Å². The monoisotopic (exact) mass is 257 g/mol. The molecule has 0 bridgehead atoms. The Labute approximate surface area is 105 Å². The molecule has 0 spiro atoms. The van der Waals surface area contributed by atoms with Gasteiger partial charge in [0.2, 0.25) is 0 Å². The van der Waals surface area contributed by atoms with E-state index in [2.05, 4.69) is 43.9 Å². The maximum Gasteiger partial charge on any atom is 0.407 e. The molecule has 2 atom stereocenters. The molecular formula is C12H23NO3Si. The first-order valence-electron chi connectivity index (χ1n) is 5.88. The van der Waals surface area contributed by atoms with Crippen LogP contribution in [-0.2, 0) is 9.16 Å². The van der Waals surface area contributed by atoms with Crippen molar-refractivity contribution >= 4 is 14.4 Å². The molecule has 0 aromatic carbocycles. The quantitative estimate of drug-likeness (QED) is 0.624. The molecule has 0 aliphatic heterocycles. The van der Waals surface area contributed by atoms with E-state index >= 15 is 0 Å². The lowest BCUT2D eigenvalue weighted by Gasteiger charge is -2.42. The van der Waals surface area contributed by atoms with E-state index in [1.165, 1.54) is 7.11 Å². The Kier molecular flexibility index (Phi) is 4.04. The Morgan fingerprint density at radius 1 is 1.29 bits per heavy atom. The van der Waals surface area contributed by atoms with Crippen molar-refractivity contribution in [3.63, 3.8) is 0 Å². The second kappa shape index (κ2) is 4.82. The zero-order chi connectivity index (χ0) is 13.3. The highest BCUT2D eigenvalue weighted by molar-refractivity contribution is 6.74. The third-order valence-corrected chi connectivity index (χ3v) is 8.04. The first kappa shape index (κ1) is 14.2. The second-order valence-electron chi connectivity index (χ2n) is 5.89. The van der Waals surface area contributed by atoms with E-state index in [-0.39, 0.29) is 17.2 Å². The summed E-state index contributed by atoms with van der Waals surface area (Å²) in [5.74, 6) is 0. The number of carbonyl (C=O) groups excluding carboxylic acids is 1. The molecule has 4 nitrogen and oxygen atoms in total. The molecule has 1 amide bonds. The van der Waals surface area contributed by atoms with Crippen LogP contribution in [0.3, 0.4) is 0 Å². The summed E-state index contributed by atoms with van der Waals surface area (Å²) in [5.41, 5.74) is 0. The molecule has 98 valence electrons. The molecule has 0 fully saturated rings. The largest absolute Gasteiger partial charge is 0.453 e. The minimum absolute atomic E-state index is 0.0185. The van der Waals surface area contributed by atoms with Crippen LogP contribution in [0.5, 0.6) is 0 Å². The van der Waals surface area contributed by atoms with Crippen molar-refractivity contribution in [1.29, 1.82) is 0 Å². The standard InChI is InChI=1S/C12H23NO3Si/c1-12(2,3)17(5,6)16-10-8-7-9(10)13-11(14)15-4/h7-10H,1-6H3,(H,13,14)/t9-,10+/m0/s1. The lowest BCUT2D eigenvalue weighted by atomic mass is 10.0. The number of nitrogens with one attached hydrogen (secondary N) is 1. The lowest BCUT2D eigenvalue weighted by Crippen LogP contribution is -2.53. The van der Waals surface area contributed by atoms with E-state index in [0.717, 1.165) is 0 Å². The van der Waals surface area contributed by atoms with Gasteiger partial charge in [-0.25, -0.2) is 4.79 Å². The smallest absolute Gasteiger partial charge is 0.407 e. The fourth-order valence-corrected chi connectivity index (χ4v) is 2.53. The number of hydrogen-bond acceptors (Lipinski definition) is 3. The van der Waals surface area contributed by atoms with E-state index in [0.29, 0.717) is 0 Å². The van der Waals surface area contributed by atoms with E-state index in [1.54, 1.807) is 0 Å². The summed E-state index contributed by atoms with van der Waals surface area (Å²) in [7, 11) is -0.422. The van der Waals surface area contributed by atoms with Crippen LogP contribution >= 0.6 is 0 Å². The van der Waals surface area contributed by atoms with Gasteiger partial charge < -0.3 is 14.5 Å². The topological polar surface area (TPSA) is 47.6 Å². The number of ether oxygens (including phenoxy) is 1. The molecule has 17 heavy (non-hydrogen) atoms. The summed E-state index contributed by atoms with van der Waals surface area (Å²) < 4.78 is 10.8. The summed E-state index contributed by atoms with van der Waals surface area (Å²) in [4.78, 5) is 11.1. The molecule has 0 aromatic heterocycles. The van der Waals surface area contributed by atoms with E-state index in [9.17, 15) is 4.79 Å². The van der Waals surface area contributed by atoms with Crippen LogP contribution in [0.4, 0.5) is 4.79 Å². The normalized spacial score (nSPS) is 24.1. The van der Waals surface area contributed by atoms with Crippen LogP contribution in [0.1, 0.15) is 20.8 Å². The molecule has 1 aliphatic carbocycles. The van der Waals surface area contributed by atoms with Gasteiger partial charge in [-0.15, -0.1) is 0 Å². The Balaban J connectivity index is 2.55. The maximum absolute atomic E-state index is 11.1. The minimum Gasteiger partial charge on any atom is -0.453 e. The Hall–Kier alpha value is -0.813. The molecule has 0 saturated carbocycles. The minimum atomic E-state index is -1.78. The van der Waals surface area contributed by atoms with Gasteiger partial charge in [-0.3, -0.25) is 0 Å². The molecule has 0 saturated heterocycles. The molecule has 1 rings (SSSR count). The third-order valence-electron chi connectivity index (χ3n) is 3.57. The molecule has 0 heterocycles. The number of amides is 1. The van der Waals surface area contributed by atoms with Crippen LogP contribution in [-0.4, -0.2) is 33.7 Å². The highest BCUT2D eigenvalue weighted by Gasteiger charge is 2.41. The third kappa shape index (κ3) is 3.32. The predicted molar refractivity (Wildman–Crippen MR) is 70.5 cm³/mol. The van der Waals surface area contributed by atoms with Crippen LogP contribution in [0.15, 0.2) is 12.2 Å². The molecule has 5 heteroatoms. The van der Waals surface area contributed by atoms with Gasteiger partial charge in [0.15, 0.2) is 8.32 Å². The molecule has 0 radical (unpaired) electrons. The highest BCUT2D eigenvalue weighted by Crippen LogP contribution is 2.38. The first-order chi connectivity index (χ1) is 7.67. The Morgan fingerprint density at radius 3 is 2.24 bits per heavy atom. The summed E-state index contributed by atoms with van der Waals surface area (Å²) >= 11 is 0. The SMILES string of the molecule is COC(=O)N[C@H]1C=C[C@H]1O[Si](C)(C)C(C)(C)C. The Morgan fingerprint density at radius 2 is 1.88 bits per heavy atom. The van der Waals surface area contributed by atoms with Crippen molar-refractivity contribution < 1.29 is 14.0 Å². The van der Waals surface area contributed by atoms with Gasteiger partial charge in [-0.1, -0.05) is 32.9 Å². The van der Waals surface area contributed by atoms with Crippen molar-refractivity contribution in [2.24, 2.45) is 0 Å². The van der Waals surface area contributed by atoms with Gasteiger partial charge in [-0.05, 0) is 18.1 Å². The number of methoxy groups -OCH3 is 1. The zero-order valence-corrected chi connectivity index (χ0v) is 12.5. The van der Waals surface area contributed by atoms with Gasteiger partial charge in [-0.2, -0.15) is 0 Å². The first-order valence-corrected chi connectivity index (χ1v) is 8.79. The van der Waals surface area contributed by atoms with E-state index in [4.69, 9.17) is 4.43 Å². The number of alkyl carbamates (subject to hydrolysis) is 1. The fourth-order valence-electron chi connectivity index (χ4n) is 1.27. The molecule has 0 unspecified atom stereocenters. The van der Waals surface area contributed by atoms with Crippen LogP contribution in [0.2, 0.25) is 18.1 Å². The van der Waals surface area contributed by atoms with Crippen LogP contribution in [0.25, 0.3) is 0 Å². The van der Waals surface area contributed by atoms with Gasteiger partial charge in [0.1, 0.15) is 0 Å². The summed E-state index contributed by atoms with van der Waals surface area (Å²) in [6, 6.07) is -0.0587. The number of carbonyl (C=O) groups is 1. The summed E-state index contributed by atoms with van der Waals surface area (Å²) in [6.07, 6.45) is 3.48. The fraction of sp³-hybridized carbons (Fsp3) is 0.750. The van der Waals surface area contributed by atoms with Gasteiger partial charge in [0.05, 0.1) is 19.3 Å². The molecule has 0 aromatic rings. The van der Waals surface area contributed by atoms with E-state index < -0.39 is 14.4 Å². The highest BCUT2D eigenvalue weighted by atomic mass is 28.4. The molecule has 1 N–H and O–H groups in total. The summed E-state index contributed by atoms with van der Waals surface area (Å²) in [6.45, 7) is 11.0. The van der Waals surface area contributed by atoms with Gasteiger partial charge in [0, 0.05) is 0 Å². The zero-order valence-electron chi connectivity index (χ0n) is 11.5.